The molecule has 0 aliphatic rings. The Kier molecular flexibility index (Phi) is 5.97. The normalized spacial score (nSPS) is 10.7. The minimum Gasteiger partial charge on any atom is -0.485 e. The van der Waals surface area contributed by atoms with Crippen LogP contribution in [0.25, 0.3) is 0 Å². The largest absolute Gasteiger partial charge is 0.485 e. The minimum absolute atomic E-state index is 0.0259. The number of nitro benzene ring substituents is 1. The number of Topliss-reactive ketones (excluding diaryl/α,β-unsaturated/α-hetero) is 1. The second-order valence-corrected chi connectivity index (χ2v) is 6.70. The predicted molar refractivity (Wildman–Crippen MR) is 109 cm³/mol. The lowest BCUT2D eigenvalue weighted by Gasteiger charge is -2.11. The minimum atomic E-state index is -0.463. The summed E-state index contributed by atoms with van der Waals surface area (Å²) in [5.74, 6) is 1.09. The summed E-state index contributed by atoms with van der Waals surface area (Å²) in [7, 11) is 0. The van der Waals surface area contributed by atoms with Gasteiger partial charge >= 0.3 is 0 Å². The summed E-state index contributed by atoms with van der Waals surface area (Å²) in [6.07, 6.45) is 3.66. The molecule has 29 heavy (non-hydrogen) atoms. The third kappa shape index (κ3) is 4.45. The third-order valence-corrected chi connectivity index (χ3v) is 4.75. The van der Waals surface area contributed by atoms with Crippen molar-refractivity contribution >= 4 is 11.5 Å². The Balaban J connectivity index is 1.76. The zero-order chi connectivity index (χ0) is 21.0. The van der Waals surface area contributed by atoms with Gasteiger partial charge in [-0.05, 0) is 44.5 Å². The molecule has 0 fully saturated rings. The molecule has 0 saturated carbocycles. The molecule has 0 radical (unpaired) electrons. The van der Waals surface area contributed by atoms with Gasteiger partial charge < -0.3 is 13.7 Å². The van der Waals surface area contributed by atoms with E-state index in [1.807, 2.05) is 36.6 Å². The molecule has 0 N–H and O–H groups in total. The average molecular weight is 394 g/mol. The van der Waals surface area contributed by atoms with E-state index in [4.69, 9.17) is 9.15 Å². The Hall–Kier alpha value is -3.61. The number of hydrogen-bond acceptors (Lipinski definition) is 5. The molecular weight excluding hydrogens is 372 g/mol. The zero-order valence-corrected chi connectivity index (χ0v) is 16.4. The number of aryl methyl sites for hydroxylation is 1. The topological polar surface area (TPSA) is 87.5 Å². The Morgan fingerprint density at radius 2 is 2.10 bits per heavy atom. The number of carbonyl (C=O) groups is 1. The first-order valence-corrected chi connectivity index (χ1v) is 9.14. The van der Waals surface area contributed by atoms with Crippen LogP contribution in [0.3, 0.4) is 0 Å². The highest BCUT2D eigenvalue weighted by atomic mass is 16.6. The summed E-state index contributed by atoms with van der Waals surface area (Å²) in [4.78, 5) is 23.3. The first-order valence-electron chi connectivity index (χ1n) is 9.14. The Morgan fingerprint density at radius 3 is 2.76 bits per heavy atom. The fourth-order valence-corrected chi connectivity index (χ4v) is 3.24. The van der Waals surface area contributed by atoms with E-state index >= 15 is 0 Å². The summed E-state index contributed by atoms with van der Waals surface area (Å²) in [5, 5.41) is 11.0. The first-order chi connectivity index (χ1) is 13.9. The van der Waals surface area contributed by atoms with Gasteiger partial charge in [-0.25, -0.2) is 0 Å². The smallest absolute Gasteiger partial charge is 0.269 e. The molecule has 0 amide bonds. The lowest BCUT2D eigenvalue weighted by atomic mass is 10.1. The van der Waals surface area contributed by atoms with Gasteiger partial charge in [0, 0.05) is 34.6 Å². The molecule has 0 unspecified atom stereocenters. The molecule has 0 bridgehead atoms. The average Bonchev–Trinajstić information content (AvgIpc) is 3.30. The number of benzene rings is 1. The van der Waals surface area contributed by atoms with Crippen LogP contribution in [0.5, 0.6) is 5.75 Å². The first kappa shape index (κ1) is 20.1. The highest BCUT2D eigenvalue weighted by Gasteiger charge is 2.18. The molecule has 150 valence electrons. The van der Waals surface area contributed by atoms with E-state index in [-0.39, 0.29) is 18.1 Å². The Morgan fingerprint density at radius 1 is 1.31 bits per heavy atom. The van der Waals surface area contributed by atoms with Gasteiger partial charge in [0.25, 0.3) is 5.69 Å². The monoisotopic (exact) mass is 394 g/mol. The van der Waals surface area contributed by atoms with Gasteiger partial charge in [0.15, 0.2) is 6.61 Å². The van der Waals surface area contributed by atoms with Crippen molar-refractivity contribution in [3.63, 3.8) is 0 Å². The van der Waals surface area contributed by atoms with Crippen LogP contribution in [0.15, 0.2) is 59.7 Å². The Bertz CT molecular complexity index is 1050. The molecule has 7 nitrogen and oxygen atoms in total. The number of rotatable bonds is 9. The summed E-state index contributed by atoms with van der Waals surface area (Å²) < 4.78 is 13.1. The van der Waals surface area contributed by atoms with Crippen LogP contribution in [0.2, 0.25) is 0 Å². The maximum Gasteiger partial charge on any atom is 0.269 e. The number of ether oxygens (including phenoxy) is 1. The maximum absolute atomic E-state index is 12.8. The number of allylic oxidation sites excluding steroid dienone is 1. The van der Waals surface area contributed by atoms with Gasteiger partial charge in [0.2, 0.25) is 5.78 Å². The standard InChI is InChI=1S/C22H22N2O5/c1-4-6-17-12-18(24(26)27)8-9-22(17)29-14-21(25)20-11-15(2)23(16(20)3)13-19-7-5-10-28-19/h4-5,7-12H,1,6,13-14H2,2-3H3. The van der Waals surface area contributed by atoms with Crippen LogP contribution in [0.4, 0.5) is 5.69 Å². The summed E-state index contributed by atoms with van der Waals surface area (Å²) in [6.45, 7) is 7.88. The molecule has 1 aromatic carbocycles. The second kappa shape index (κ2) is 8.60. The maximum atomic E-state index is 12.8. The lowest BCUT2D eigenvalue weighted by molar-refractivity contribution is -0.384. The second-order valence-electron chi connectivity index (χ2n) is 6.70. The molecule has 3 rings (SSSR count). The van der Waals surface area contributed by atoms with Gasteiger partial charge in [-0.1, -0.05) is 6.08 Å². The van der Waals surface area contributed by atoms with Crippen molar-refractivity contribution in [1.82, 2.24) is 4.57 Å². The highest BCUT2D eigenvalue weighted by molar-refractivity contribution is 5.98. The number of carbonyl (C=O) groups excluding carboxylic acids is 1. The fourth-order valence-electron chi connectivity index (χ4n) is 3.24. The van der Waals surface area contributed by atoms with Crippen molar-refractivity contribution in [2.75, 3.05) is 6.61 Å². The van der Waals surface area contributed by atoms with Gasteiger partial charge in [0.05, 0.1) is 17.7 Å². The summed E-state index contributed by atoms with van der Waals surface area (Å²) >= 11 is 0. The van der Waals surface area contributed by atoms with E-state index < -0.39 is 4.92 Å². The zero-order valence-electron chi connectivity index (χ0n) is 16.4. The van der Waals surface area contributed by atoms with Crippen LogP contribution >= 0.6 is 0 Å². The number of aromatic nitrogens is 1. The molecule has 0 spiro atoms. The van der Waals surface area contributed by atoms with E-state index in [1.54, 1.807) is 12.3 Å². The van der Waals surface area contributed by atoms with Gasteiger partial charge in [0.1, 0.15) is 11.5 Å². The van der Waals surface area contributed by atoms with Crippen molar-refractivity contribution in [3.05, 3.63) is 93.7 Å². The van der Waals surface area contributed by atoms with Crippen molar-refractivity contribution in [3.8, 4) is 5.75 Å². The molecule has 0 aliphatic carbocycles. The van der Waals surface area contributed by atoms with E-state index in [2.05, 4.69) is 6.58 Å². The molecule has 2 aromatic heterocycles. The van der Waals surface area contributed by atoms with Gasteiger partial charge in [-0.15, -0.1) is 6.58 Å². The van der Waals surface area contributed by atoms with E-state index in [0.717, 1.165) is 17.1 Å². The van der Waals surface area contributed by atoms with Crippen molar-refractivity contribution in [2.24, 2.45) is 0 Å². The SMILES string of the molecule is C=CCc1cc([N+](=O)[O-])ccc1OCC(=O)c1cc(C)n(Cc2ccco2)c1C. The molecular formula is C22H22N2O5. The third-order valence-electron chi connectivity index (χ3n) is 4.75. The number of hydrogen-bond donors (Lipinski definition) is 0. The van der Waals surface area contributed by atoms with Crippen LogP contribution < -0.4 is 4.74 Å². The van der Waals surface area contributed by atoms with E-state index in [9.17, 15) is 14.9 Å². The molecule has 3 aromatic rings. The van der Waals surface area contributed by atoms with Crippen LogP contribution in [-0.2, 0) is 13.0 Å². The number of nitro groups is 1. The number of ketones is 1. The van der Waals surface area contributed by atoms with E-state index in [0.29, 0.717) is 29.8 Å². The van der Waals surface area contributed by atoms with Crippen LogP contribution in [0, 0.1) is 24.0 Å². The van der Waals surface area contributed by atoms with E-state index in [1.165, 1.54) is 18.2 Å². The lowest BCUT2D eigenvalue weighted by Crippen LogP contribution is -2.14. The van der Waals surface area contributed by atoms with Crippen LogP contribution in [-0.4, -0.2) is 21.9 Å². The number of non-ortho nitro benzene ring substituents is 1. The van der Waals surface area contributed by atoms with Gasteiger partial charge in [-0.3, -0.25) is 14.9 Å². The van der Waals surface area contributed by atoms with Crippen molar-refractivity contribution < 1.29 is 18.9 Å². The van der Waals surface area contributed by atoms with Gasteiger partial charge in [-0.2, -0.15) is 0 Å². The van der Waals surface area contributed by atoms with Crippen molar-refractivity contribution in [2.45, 2.75) is 26.8 Å². The summed E-state index contributed by atoms with van der Waals surface area (Å²) in [6, 6.07) is 9.88. The highest BCUT2D eigenvalue weighted by Crippen LogP contribution is 2.26. The van der Waals surface area contributed by atoms with Crippen LogP contribution in [0.1, 0.15) is 33.1 Å². The predicted octanol–water partition coefficient (Wildman–Crippen LogP) is 4.64. The molecule has 0 aliphatic heterocycles. The quantitative estimate of drug-likeness (QED) is 0.228. The number of furan rings is 1. The Labute approximate surface area is 168 Å². The number of nitrogens with zero attached hydrogens (tertiary/aromatic N) is 2. The molecule has 7 heteroatoms. The fraction of sp³-hybridized carbons (Fsp3) is 0.227. The van der Waals surface area contributed by atoms with Crippen molar-refractivity contribution in [1.29, 1.82) is 0 Å². The summed E-state index contributed by atoms with van der Waals surface area (Å²) in [5.41, 5.74) is 2.96. The molecule has 0 atom stereocenters. The molecule has 2 heterocycles. The molecule has 0 saturated heterocycles.